The molecular formula is C9H18O2. The van der Waals surface area contributed by atoms with Gasteiger partial charge >= 0.3 is 0 Å². The average molecular weight is 158 g/mol. The van der Waals surface area contributed by atoms with Crippen LogP contribution in [0.25, 0.3) is 0 Å². The van der Waals surface area contributed by atoms with Crippen molar-refractivity contribution in [1.29, 1.82) is 0 Å². The number of aliphatic hydroxyl groups is 1. The summed E-state index contributed by atoms with van der Waals surface area (Å²) in [7, 11) is 0. The van der Waals surface area contributed by atoms with Gasteiger partial charge in [-0.1, -0.05) is 19.3 Å². The second-order valence-electron chi connectivity index (χ2n) is 3.20. The van der Waals surface area contributed by atoms with Crippen LogP contribution in [0.15, 0.2) is 0 Å². The Bertz CT molecular complexity index is 104. The Hall–Kier alpha value is -0.0800. The van der Waals surface area contributed by atoms with Crippen molar-refractivity contribution >= 4 is 0 Å². The van der Waals surface area contributed by atoms with Gasteiger partial charge in [-0.3, -0.25) is 0 Å². The SMILES string of the molecule is CCOC1CCCCCC1O. The van der Waals surface area contributed by atoms with Crippen LogP contribution in [-0.4, -0.2) is 23.9 Å². The number of ether oxygens (including phenoxy) is 1. The molecule has 2 unspecified atom stereocenters. The van der Waals surface area contributed by atoms with E-state index in [2.05, 4.69) is 0 Å². The van der Waals surface area contributed by atoms with Crippen molar-refractivity contribution in [1.82, 2.24) is 0 Å². The Balaban J connectivity index is 2.32. The van der Waals surface area contributed by atoms with Crippen molar-refractivity contribution in [3.63, 3.8) is 0 Å². The van der Waals surface area contributed by atoms with Crippen LogP contribution < -0.4 is 0 Å². The second-order valence-corrected chi connectivity index (χ2v) is 3.20. The summed E-state index contributed by atoms with van der Waals surface area (Å²) >= 11 is 0. The number of rotatable bonds is 2. The van der Waals surface area contributed by atoms with Crippen molar-refractivity contribution in [3.05, 3.63) is 0 Å². The van der Waals surface area contributed by atoms with E-state index < -0.39 is 0 Å². The van der Waals surface area contributed by atoms with Gasteiger partial charge in [0.1, 0.15) is 0 Å². The predicted molar refractivity (Wildman–Crippen MR) is 44.5 cm³/mol. The van der Waals surface area contributed by atoms with Gasteiger partial charge in [-0.2, -0.15) is 0 Å². The number of hydrogen-bond acceptors (Lipinski definition) is 2. The number of aliphatic hydroxyl groups excluding tert-OH is 1. The van der Waals surface area contributed by atoms with Gasteiger partial charge in [-0.05, 0) is 19.8 Å². The normalized spacial score (nSPS) is 33.3. The molecule has 0 amide bonds. The first-order valence-corrected chi connectivity index (χ1v) is 4.64. The smallest absolute Gasteiger partial charge is 0.0833 e. The highest BCUT2D eigenvalue weighted by molar-refractivity contribution is 4.72. The van der Waals surface area contributed by atoms with Gasteiger partial charge in [0, 0.05) is 6.61 Å². The zero-order valence-electron chi connectivity index (χ0n) is 7.25. The standard InChI is InChI=1S/C9H18O2/c1-2-11-9-7-5-3-4-6-8(9)10/h8-10H,2-7H2,1H3. The summed E-state index contributed by atoms with van der Waals surface area (Å²) in [6.07, 6.45) is 5.48. The van der Waals surface area contributed by atoms with E-state index in [1.165, 1.54) is 12.8 Å². The lowest BCUT2D eigenvalue weighted by Crippen LogP contribution is -2.27. The summed E-state index contributed by atoms with van der Waals surface area (Å²) in [5.74, 6) is 0. The highest BCUT2D eigenvalue weighted by Crippen LogP contribution is 2.20. The molecule has 0 heterocycles. The van der Waals surface area contributed by atoms with Crippen molar-refractivity contribution < 1.29 is 9.84 Å². The van der Waals surface area contributed by atoms with E-state index >= 15 is 0 Å². The van der Waals surface area contributed by atoms with Gasteiger partial charge < -0.3 is 9.84 Å². The van der Waals surface area contributed by atoms with Crippen molar-refractivity contribution in [2.45, 2.75) is 51.2 Å². The minimum absolute atomic E-state index is 0.113. The molecule has 0 aromatic heterocycles. The molecule has 1 aliphatic carbocycles. The Morgan fingerprint density at radius 1 is 1.27 bits per heavy atom. The molecule has 1 saturated carbocycles. The summed E-state index contributed by atoms with van der Waals surface area (Å²) in [6, 6.07) is 0. The van der Waals surface area contributed by atoms with Gasteiger partial charge in [0.25, 0.3) is 0 Å². The van der Waals surface area contributed by atoms with Gasteiger partial charge in [0.2, 0.25) is 0 Å². The van der Waals surface area contributed by atoms with E-state index in [9.17, 15) is 5.11 Å². The molecule has 0 bridgehead atoms. The highest BCUT2D eigenvalue weighted by atomic mass is 16.5. The molecule has 0 aliphatic heterocycles. The minimum atomic E-state index is -0.211. The molecule has 11 heavy (non-hydrogen) atoms. The molecule has 1 aliphatic rings. The van der Waals surface area contributed by atoms with E-state index in [4.69, 9.17) is 4.74 Å². The second kappa shape index (κ2) is 4.73. The molecule has 2 atom stereocenters. The third-order valence-corrected chi connectivity index (χ3v) is 2.30. The first-order valence-electron chi connectivity index (χ1n) is 4.64. The Morgan fingerprint density at radius 3 is 2.73 bits per heavy atom. The van der Waals surface area contributed by atoms with Gasteiger partial charge in [0.05, 0.1) is 12.2 Å². The monoisotopic (exact) mass is 158 g/mol. The van der Waals surface area contributed by atoms with Crippen LogP contribution in [0.5, 0.6) is 0 Å². The maximum atomic E-state index is 9.56. The maximum absolute atomic E-state index is 9.56. The summed E-state index contributed by atoms with van der Waals surface area (Å²) in [6.45, 7) is 2.71. The molecular weight excluding hydrogens is 140 g/mol. The maximum Gasteiger partial charge on any atom is 0.0833 e. The van der Waals surface area contributed by atoms with E-state index in [1.807, 2.05) is 6.92 Å². The summed E-state index contributed by atoms with van der Waals surface area (Å²) < 4.78 is 5.43. The van der Waals surface area contributed by atoms with E-state index in [0.717, 1.165) is 25.9 Å². The first-order chi connectivity index (χ1) is 5.34. The van der Waals surface area contributed by atoms with Crippen LogP contribution in [0.2, 0.25) is 0 Å². The lowest BCUT2D eigenvalue weighted by Gasteiger charge is -2.19. The summed E-state index contributed by atoms with van der Waals surface area (Å²) in [5.41, 5.74) is 0. The van der Waals surface area contributed by atoms with E-state index in [-0.39, 0.29) is 12.2 Å². The van der Waals surface area contributed by atoms with Crippen molar-refractivity contribution in [3.8, 4) is 0 Å². The third-order valence-electron chi connectivity index (χ3n) is 2.30. The number of hydrogen-bond donors (Lipinski definition) is 1. The summed E-state index contributed by atoms with van der Waals surface area (Å²) in [5, 5.41) is 9.56. The molecule has 0 aromatic rings. The molecule has 66 valence electrons. The molecule has 0 aromatic carbocycles. The quantitative estimate of drug-likeness (QED) is 0.620. The van der Waals surface area contributed by atoms with Gasteiger partial charge in [-0.15, -0.1) is 0 Å². The molecule has 0 spiro atoms. The minimum Gasteiger partial charge on any atom is -0.390 e. The van der Waals surface area contributed by atoms with Crippen LogP contribution >= 0.6 is 0 Å². The van der Waals surface area contributed by atoms with E-state index in [1.54, 1.807) is 0 Å². The van der Waals surface area contributed by atoms with Gasteiger partial charge in [0.15, 0.2) is 0 Å². The van der Waals surface area contributed by atoms with Crippen molar-refractivity contribution in [2.75, 3.05) is 6.61 Å². The first kappa shape index (κ1) is 9.01. The van der Waals surface area contributed by atoms with Crippen LogP contribution in [0, 0.1) is 0 Å². The average Bonchev–Trinajstić information content (AvgIpc) is 2.18. The van der Waals surface area contributed by atoms with Crippen molar-refractivity contribution in [2.24, 2.45) is 0 Å². The molecule has 1 N–H and O–H groups in total. The highest BCUT2D eigenvalue weighted by Gasteiger charge is 2.21. The zero-order chi connectivity index (χ0) is 8.10. The molecule has 2 heteroatoms. The molecule has 0 saturated heterocycles. The zero-order valence-corrected chi connectivity index (χ0v) is 7.25. The summed E-state index contributed by atoms with van der Waals surface area (Å²) in [4.78, 5) is 0. The molecule has 0 radical (unpaired) electrons. The molecule has 2 nitrogen and oxygen atoms in total. The fourth-order valence-corrected chi connectivity index (χ4v) is 1.66. The van der Waals surface area contributed by atoms with Gasteiger partial charge in [-0.25, -0.2) is 0 Å². The molecule has 1 rings (SSSR count). The lowest BCUT2D eigenvalue weighted by molar-refractivity contribution is -0.0352. The third kappa shape index (κ3) is 2.80. The Kier molecular flexibility index (Phi) is 3.87. The largest absolute Gasteiger partial charge is 0.390 e. The van der Waals surface area contributed by atoms with Crippen LogP contribution in [0.3, 0.4) is 0 Å². The fourth-order valence-electron chi connectivity index (χ4n) is 1.66. The predicted octanol–water partition coefficient (Wildman–Crippen LogP) is 1.72. The van der Waals surface area contributed by atoms with Crippen LogP contribution in [0.1, 0.15) is 39.0 Å². The Morgan fingerprint density at radius 2 is 2.00 bits per heavy atom. The van der Waals surface area contributed by atoms with Crippen LogP contribution in [0.4, 0.5) is 0 Å². The molecule has 1 fully saturated rings. The topological polar surface area (TPSA) is 29.5 Å². The lowest BCUT2D eigenvalue weighted by atomic mass is 10.1. The Labute approximate surface area is 68.6 Å². The van der Waals surface area contributed by atoms with E-state index in [0.29, 0.717) is 0 Å². The van der Waals surface area contributed by atoms with Crippen LogP contribution in [-0.2, 0) is 4.74 Å². The fraction of sp³-hybridized carbons (Fsp3) is 1.00.